The Bertz CT molecular complexity index is 557. The molecular formula is C13H12N2O2. The van der Waals surface area contributed by atoms with Crippen molar-refractivity contribution in [3.8, 4) is 5.69 Å². The molecule has 0 bridgehead atoms. The summed E-state index contributed by atoms with van der Waals surface area (Å²) in [6.45, 7) is 1.40. The minimum absolute atomic E-state index is 0.0356. The Hall–Kier alpha value is -2.36. The average Bonchev–Trinajstić information content (AvgIpc) is 2.82. The Balaban J connectivity index is 2.39. The number of aromatic nitrogens is 2. The van der Waals surface area contributed by atoms with E-state index in [1.807, 2.05) is 18.3 Å². The molecule has 1 heterocycles. The number of hydrogen-bond acceptors (Lipinski definition) is 3. The number of nitrogens with zero attached hydrogens (tertiary/aromatic N) is 2. The maximum atomic E-state index is 10.9. The van der Waals surface area contributed by atoms with Crippen LogP contribution < -0.4 is 0 Å². The Morgan fingerprint density at radius 2 is 2.24 bits per heavy atom. The van der Waals surface area contributed by atoms with Gasteiger partial charge in [0.2, 0.25) is 0 Å². The van der Waals surface area contributed by atoms with E-state index in [1.165, 1.54) is 13.0 Å². The van der Waals surface area contributed by atoms with Crippen LogP contribution in [0.25, 0.3) is 11.4 Å². The highest BCUT2D eigenvalue weighted by Gasteiger charge is 2.03. The average molecular weight is 228 g/mol. The van der Waals surface area contributed by atoms with Crippen LogP contribution in [0, 0.1) is 0 Å². The number of aliphatic hydroxyl groups is 1. The molecule has 2 aromatic rings. The van der Waals surface area contributed by atoms with E-state index >= 15 is 0 Å². The summed E-state index contributed by atoms with van der Waals surface area (Å²) in [5.41, 5.74) is 1.42. The molecule has 1 N–H and O–H groups in total. The Morgan fingerprint density at radius 1 is 1.41 bits per heavy atom. The Labute approximate surface area is 98.8 Å². The van der Waals surface area contributed by atoms with Gasteiger partial charge in [0.1, 0.15) is 5.76 Å². The molecule has 4 heteroatoms. The van der Waals surface area contributed by atoms with E-state index in [-0.39, 0.29) is 11.5 Å². The number of carbonyl (C=O) groups excluding carboxylic acids is 1. The van der Waals surface area contributed by atoms with Gasteiger partial charge in [-0.05, 0) is 25.1 Å². The maximum Gasteiger partial charge on any atom is 0.156 e. The molecule has 0 atom stereocenters. The number of rotatable bonds is 3. The fourth-order valence-electron chi connectivity index (χ4n) is 1.51. The van der Waals surface area contributed by atoms with Crippen molar-refractivity contribution >= 4 is 11.5 Å². The van der Waals surface area contributed by atoms with Crippen LogP contribution in [0.2, 0.25) is 0 Å². The van der Waals surface area contributed by atoms with Gasteiger partial charge in [0.15, 0.2) is 5.78 Å². The molecule has 0 radical (unpaired) electrons. The zero-order chi connectivity index (χ0) is 12.3. The molecule has 0 saturated carbocycles. The van der Waals surface area contributed by atoms with Crippen molar-refractivity contribution in [1.82, 2.24) is 9.78 Å². The molecule has 0 aliphatic heterocycles. The SMILES string of the molecule is CC(=O)/C=C(\O)c1cccc(-n2cccn2)c1. The largest absolute Gasteiger partial charge is 0.507 e. The lowest BCUT2D eigenvalue weighted by Gasteiger charge is -2.04. The highest BCUT2D eigenvalue weighted by atomic mass is 16.3. The summed E-state index contributed by atoms with van der Waals surface area (Å²) in [4.78, 5) is 10.9. The van der Waals surface area contributed by atoms with E-state index in [9.17, 15) is 9.90 Å². The second-order valence-electron chi connectivity index (χ2n) is 3.64. The quantitative estimate of drug-likeness (QED) is 0.648. The van der Waals surface area contributed by atoms with E-state index in [1.54, 1.807) is 29.1 Å². The standard InChI is InChI=1S/C13H12N2O2/c1-10(16)8-13(17)11-4-2-5-12(9-11)15-7-3-6-14-15/h2-9,17H,1H3/b13-8-. The van der Waals surface area contributed by atoms with Crippen LogP contribution in [0.3, 0.4) is 0 Å². The summed E-state index contributed by atoms with van der Waals surface area (Å²) >= 11 is 0. The zero-order valence-electron chi connectivity index (χ0n) is 9.37. The third-order valence-corrected chi connectivity index (χ3v) is 2.25. The molecule has 4 nitrogen and oxygen atoms in total. The van der Waals surface area contributed by atoms with Gasteiger partial charge in [0, 0.05) is 24.0 Å². The van der Waals surface area contributed by atoms with Crippen molar-refractivity contribution in [1.29, 1.82) is 0 Å². The molecule has 17 heavy (non-hydrogen) atoms. The van der Waals surface area contributed by atoms with Crippen LogP contribution in [0.15, 0.2) is 48.8 Å². The number of ketones is 1. The molecule has 2 rings (SSSR count). The predicted octanol–water partition coefficient (Wildman–Crippen LogP) is 2.36. The minimum atomic E-state index is -0.188. The van der Waals surface area contributed by atoms with Gasteiger partial charge in [0.25, 0.3) is 0 Å². The molecule has 0 aliphatic carbocycles. The first kappa shape index (κ1) is 11.1. The molecular weight excluding hydrogens is 216 g/mol. The first-order valence-electron chi connectivity index (χ1n) is 5.18. The van der Waals surface area contributed by atoms with E-state index in [0.29, 0.717) is 5.56 Å². The van der Waals surface area contributed by atoms with E-state index < -0.39 is 0 Å². The number of aliphatic hydroxyl groups excluding tert-OH is 1. The molecule has 1 aromatic heterocycles. The predicted molar refractivity (Wildman–Crippen MR) is 64.9 cm³/mol. The molecule has 0 unspecified atom stereocenters. The second-order valence-corrected chi connectivity index (χ2v) is 3.64. The molecule has 0 spiro atoms. The lowest BCUT2D eigenvalue weighted by atomic mass is 10.1. The van der Waals surface area contributed by atoms with Gasteiger partial charge in [0.05, 0.1) is 5.69 Å². The summed E-state index contributed by atoms with van der Waals surface area (Å²) < 4.78 is 1.69. The van der Waals surface area contributed by atoms with Crippen molar-refractivity contribution in [3.63, 3.8) is 0 Å². The van der Waals surface area contributed by atoms with E-state index in [2.05, 4.69) is 5.10 Å². The van der Waals surface area contributed by atoms with Gasteiger partial charge < -0.3 is 5.11 Å². The highest BCUT2D eigenvalue weighted by Crippen LogP contribution is 2.15. The highest BCUT2D eigenvalue weighted by molar-refractivity contribution is 5.93. The summed E-state index contributed by atoms with van der Waals surface area (Å²) in [6.07, 6.45) is 4.69. The van der Waals surface area contributed by atoms with E-state index in [0.717, 1.165) is 5.69 Å². The van der Waals surface area contributed by atoms with Gasteiger partial charge in [-0.15, -0.1) is 0 Å². The fourth-order valence-corrected chi connectivity index (χ4v) is 1.51. The lowest BCUT2D eigenvalue weighted by molar-refractivity contribution is -0.112. The van der Waals surface area contributed by atoms with Gasteiger partial charge in [-0.2, -0.15) is 5.10 Å². The fraction of sp³-hybridized carbons (Fsp3) is 0.0769. The summed E-state index contributed by atoms with van der Waals surface area (Å²) in [5.74, 6) is -0.224. The first-order chi connectivity index (χ1) is 8.16. The van der Waals surface area contributed by atoms with Crippen LogP contribution in [0.5, 0.6) is 0 Å². The molecule has 0 fully saturated rings. The van der Waals surface area contributed by atoms with Crippen LogP contribution >= 0.6 is 0 Å². The number of hydrogen-bond donors (Lipinski definition) is 1. The third kappa shape index (κ3) is 2.60. The van der Waals surface area contributed by atoms with Crippen molar-refractivity contribution < 1.29 is 9.90 Å². The van der Waals surface area contributed by atoms with Crippen LogP contribution in [0.1, 0.15) is 12.5 Å². The summed E-state index contributed by atoms with van der Waals surface area (Å²) in [6, 6.07) is 9.00. The lowest BCUT2D eigenvalue weighted by Crippen LogP contribution is -1.96. The molecule has 1 aromatic carbocycles. The topological polar surface area (TPSA) is 55.1 Å². The first-order valence-corrected chi connectivity index (χ1v) is 5.18. The Morgan fingerprint density at radius 3 is 2.88 bits per heavy atom. The third-order valence-electron chi connectivity index (χ3n) is 2.25. The molecule has 0 saturated heterocycles. The van der Waals surface area contributed by atoms with Crippen LogP contribution in [-0.4, -0.2) is 20.7 Å². The van der Waals surface area contributed by atoms with Crippen LogP contribution in [0.4, 0.5) is 0 Å². The van der Waals surface area contributed by atoms with Crippen molar-refractivity contribution in [2.45, 2.75) is 6.92 Å². The monoisotopic (exact) mass is 228 g/mol. The minimum Gasteiger partial charge on any atom is -0.507 e. The van der Waals surface area contributed by atoms with Crippen molar-refractivity contribution in [2.75, 3.05) is 0 Å². The molecule has 0 amide bonds. The van der Waals surface area contributed by atoms with Crippen LogP contribution in [-0.2, 0) is 4.79 Å². The number of benzene rings is 1. The Kier molecular flexibility index (Phi) is 3.05. The molecule has 86 valence electrons. The van der Waals surface area contributed by atoms with Gasteiger partial charge in [-0.3, -0.25) is 4.79 Å². The smallest absolute Gasteiger partial charge is 0.156 e. The van der Waals surface area contributed by atoms with Gasteiger partial charge >= 0.3 is 0 Å². The summed E-state index contributed by atoms with van der Waals surface area (Å²) in [7, 11) is 0. The van der Waals surface area contributed by atoms with Gasteiger partial charge in [-0.25, -0.2) is 4.68 Å². The molecule has 0 aliphatic rings. The van der Waals surface area contributed by atoms with Gasteiger partial charge in [-0.1, -0.05) is 12.1 Å². The number of carbonyl (C=O) groups is 1. The second kappa shape index (κ2) is 4.65. The number of allylic oxidation sites excluding steroid dienone is 1. The van der Waals surface area contributed by atoms with E-state index in [4.69, 9.17) is 0 Å². The van der Waals surface area contributed by atoms with Crippen molar-refractivity contribution in [3.05, 3.63) is 54.4 Å². The maximum absolute atomic E-state index is 10.9. The summed E-state index contributed by atoms with van der Waals surface area (Å²) in [5, 5.41) is 13.8. The zero-order valence-corrected chi connectivity index (χ0v) is 9.37. The van der Waals surface area contributed by atoms with Crippen molar-refractivity contribution in [2.24, 2.45) is 0 Å². The normalized spacial score (nSPS) is 11.5.